The normalized spacial score (nSPS) is 11.1. The van der Waals surface area contributed by atoms with Crippen molar-refractivity contribution in [3.63, 3.8) is 0 Å². The molecule has 4 nitrogen and oxygen atoms in total. The molecule has 1 N–H and O–H groups in total. The van der Waals surface area contributed by atoms with Crippen molar-refractivity contribution in [2.45, 2.75) is 0 Å². The summed E-state index contributed by atoms with van der Waals surface area (Å²) < 4.78 is 0. The molecule has 21 heavy (non-hydrogen) atoms. The van der Waals surface area contributed by atoms with E-state index in [9.17, 15) is 0 Å². The Bertz CT molecular complexity index is 812. The van der Waals surface area contributed by atoms with E-state index in [-0.39, 0.29) is 0 Å². The summed E-state index contributed by atoms with van der Waals surface area (Å²) in [6, 6.07) is 13.0. The summed E-state index contributed by atoms with van der Waals surface area (Å²) in [5.41, 5.74) is 3.65. The van der Waals surface area contributed by atoms with Crippen LogP contribution in [0.1, 0.15) is 5.56 Å². The lowest BCUT2D eigenvalue weighted by molar-refractivity contribution is 1.04. The summed E-state index contributed by atoms with van der Waals surface area (Å²) >= 11 is 11.9. The first-order valence-corrected chi connectivity index (χ1v) is 6.94. The fraction of sp³-hybridized carbons (Fsp3) is 0. The van der Waals surface area contributed by atoms with Gasteiger partial charge in [-0.3, -0.25) is 5.43 Å². The molecular weight excluding hydrogens is 307 g/mol. The smallest absolute Gasteiger partial charge is 0.176 e. The lowest BCUT2D eigenvalue weighted by Crippen LogP contribution is -1.96. The summed E-state index contributed by atoms with van der Waals surface area (Å²) in [5, 5.41) is 15.2. The molecule has 0 aliphatic carbocycles. The zero-order chi connectivity index (χ0) is 14.7. The molecule has 0 aliphatic rings. The van der Waals surface area contributed by atoms with Crippen LogP contribution in [0.2, 0.25) is 10.0 Å². The maximum atomic E-state index is 6.07. The van der Waals surface area contributed by atoms with Crippen molar-refractivity contribution in [3.05, 3.63) is 64.3 Å². The van der Waals surface area contributed by atoms with Gasteiger partial charge in [0, 0.05) is 21.4 Å². The summed E-state index contributed by atoms with van der Waals surface area (Å²) in [5.74, 6) is 0.592. The van der Waals surface area contributed by atoms with Crippen LogP contribution in [0.15, 0.2) is 53.8 Å². The molecule has 0 bridgehead atoms. The van der Waals surface area contributed by atoms with Gasteiger partial charge in [0.15, 0.2) is 5.82 Å². The van der Waals surface area contributed by atoms with Crippen LogP contribution in [0.4, 0.5) is 5.82 Å². The molecule has 3 rings (SSSR count). The van der Waals surface area contributed by atoms with E-state index in [1.807, 2.05) is 24.3 Å². The zero-order valence-electron chi connectivity index (χ0n) is 10.8. The summed E-state index contributed by atoms with van der Waals surface area (Å²) in [6.07, 6.45) is 3.32. The standard InChI is InChI=1S/C15H10Cl2N4/c16-12-6-5-11(14(17)7-12)9-19-21-15-13-4-2-1-3-10(13)8-18-20-15/h1-9H,(H,20,21)/b19-9-. The van der Waals surface area contributed by atoms with Crippen LogP contribution in [0.25, 0.3) is 10.8 Å². The van der Waals surface area contributed by atoms with Crippen LogP contribution in [0.5, 0.6) is 0 Å². The Labute approximate surface area is 131 Å². The highest BCUT2D eigenvalue weighted by Crippen LogP contribution is 2.21. The molecule has 6 heteroatoms. The number of hydrogen-bond acceptors (Lipinski definition) is 4. The number of hydrazone groups is 1. The molecule has 1 heterocycles. The highest BCUT2D eigenvalue weighted by molar-refractivity contribution is 6.36. The van der Waals surface area contributed by atoms with Gasteiger partial charge in [-0.2, -0.15) is 10.2 Å². The van der Waals surface area contributed by atoms with Crippen LogP contribution in [-0.2, 0) is 0 Å². The predicted molar refractivity (Wildman–Crippen MR) is 87.2 cm³/mol. The molecule has 0 unspecified atom stereocenters. The van der Waals surface area contributed by atoms with Crippen molar-refractivity contribution in [1.82, 2.24) is 10.2 Å². The molecule has 104 valence electrons. The van der Waals surface area contributed by atoms with Gasteiger partial charge in [-0.1, -0.05) is 53.5 Å². The average molecular weight is 317 g/mol. The SMILES string of the molecule is Clc1ccc(/C=N\Nc2nncc3ccccc23)c(Cl)c1. The van der Waals surface area contributed by atoms with Crippen LogP contribution in [0.3, 0.4) is 0 Å². The molecule has 0 fully saturated rings. The summed E-state index contributed by atoms with van der Waals surface area (Å²) in [4.78, 5) is 0. The highest BCUT2D eigenvalue weighted by Gasteiger charge is 2.01. The minimum Gasteiger partial charge on any atom is -0.259 e. The molecule has 0 atom stereocenters. The number of nitrogens with one attached hydrogen (secondary N) is 1. The van der Waals surface area contributed by atoms with E-state index in [4.69, 9.17) is 23.2 Å². The Morgan fingerprint density at radius 2 is 1.95 bits per heavy atom. The topological polar surface area (TPSA) is 50.2 Å². The second-order valence-electron chi connectivity index (χ2n) is 4.32. The number of halogens is 2. The predicted octanol–water partition coefficient (Wildman–Crippen LogP) is 4.38. The van der Waals surface area contributed by atoms with Gasteiger partial charge in [0.05, 0.1) is 17.4 Å². The van der Waals surface area contributed by atoms with Gasteiger partial charge in [0.1, 0.15) is 0 Å². The monoisotopic (exact) mass is 316 g/mol. The van der Waals surface area contributed by atoms with Gasteiger partial charge < -0.3 is 0 Å². The molecule has 3 aromatic rings. The third-order valence-corrected chi connectivity index (χ3v) is 3.47. The second kappa shape index (κ2) is 6.08. The van der Waals surface area contributed by atoms with Crippen molar-refractivity contribution < 1.29 is 0 Å². The maximum absolute atomic E-state index is 6.07. The molecule has 0 aliphatic heterocycles. The van der Waals surface area contributed by atoms with Crippen LogP contribution in [-0.4, -0.2) is 16.4 Å². The van der Waals surface area contributed by atoms with Crippen LogP contribution in [0, 0.1) is 0 Å². The number of hydrogen-bond donors (Lipinski definition) is 1. The van der Waals surface area contributed by atoms with Gasteiger partial charge in [0.2, 0.25) is 0 Å². The lowest BCUT2D eigenvalue weighted by Gasteiger charge is -2.03. The molecule has 0 amide bonds. The Morgan fingerprint density at radius 3 is 2.81 bits per heavy atom. The van der Waals surface area contributed by atoms with Gasteiger partial charge >= 0.3 is 0 Å². The van der Waals surface area contributed by atoms with E-state index in [2.05, 4.69) is 20.7 Å². The van der Waals surface area contributed by atoms with E-state index in [1.54, 1.807) is 30.6 Å². The number of anilines is 1. The largest absolute Gasteiger partial charge is 0.259 e. The third-order valence-electron chi connectivity index (χ3n) is 2.91. The Balaban J connectivity index is 1.84. The molecule has 0 radical (unpaired) electrons. The van der Waals surface area contributed by atoms with Gasteiger partial charge in [-0.25, -0.2) is 0 Å². The number of rotatable bonds is 3. The number of nitrogens with zero attached hydrogens (tertiary/aromatic N) is 3. The summed E-state index contributed by atoms with van der Waals surface area (Å²) in [7, 11) is 0. The van der Waals surface area contributed by atoms with Crippen molar-refractivity contribution >= 4 is 46.0 Å². The van der Waals surface area contributed by atoms with Gasteiger partial charge in [-0.15, -0.1) is 5.10 Å². The van der Waals surface area contributed by atoms with Crippen molar-refractivity contribution in [3.8, 4) is 0 Å². The zero-order valence-corrected chi connectivity index (χ0v) is 12.3. The molecular formula is C15H10Cl2N4. The first kappa shape index (κ1) is 13.8. The first-order chi connectivity index (χ1) is 10.2. The molecule has 0 spiro atoms. The molecule has 1 aromatic heterocycles. The quantitative estimate of drug-likeness (QED) is 0.576. The van der Waals surface area contributed by atoms with Crippen LogP contribution >= 0.6 is 23.2 Å². The van der Waals surface area contributed by atoms with Crippen molar-refractivity contribution in [2.24, 2.45) is 5.10 Å². The van der Waals surface area contributed by atoms with E-state index >= 15 is 0 Å². The van der Waals surface area contributed by atoms with E-state index < -0.39 is 0 Å². The van der Waals surface area contributed by atoms with Gasteiger partial charge in [-0.05, 0) is 12.1 Å². The van der Waals surface area contributed by atoms with E-state index in [0.29, 0.717) is 15.9 Å². The molecule has 2 aromatic carbocycles. The minimum absolute atomic E-state index is 0.539. The lowest BCUT2D eigenvalue weighted by atomic mass is 10.2. The Kier molecular flexibility index (Phi) is 3.99. The average Bonchev–Trinajstić information content (AvgIpc) is 2.50. The second-order valence-corrected chi connectivity index (χ2v) is 5.16. The third kappa shape index (κ3) is 3.12. The number of fused-ring (bicyclic) bond motifs is 1. The fourth-order valence-corrected chi connectivity index (χ4v) is 2.34. The van der Waals surface area contributed by atoms with E-state index in [1.165, 1.54) is 0 Å². The van der Waals surface area contributed by atoms with Crippen molar-refractivity contribution in [1.29, 1.82) is 0 Å². The number of aromatic nitrogens is 2. The maximum Gasteiger partial charge on any atom is 0.176 e. The highest BCUT2D eigenvalue weighted by atomic mass is 35.5. The first-order valence-electron chi connectivity index (χ1n) is 6.18. The Morgan fingerprint density at radius 1 is 1.10 bits per heavy atom. The number of benzene rings is 2. The molecule has 0 saturated heterocycles. The van der Waals surface area contributed by atoms with Gasteiger partial charge in [0.25, 0.3) is 0 Å². The van der Waals surface area contributed by atoms with Crippen LogP contribution < -0.4 is 5.43 Å². The molecule has 0 saturated carbocycles. The van der Waals surface area contributed by atoms with Crippen molar-refractivity contribution in [2.75, 3.05) is 5.43 Å². The fourth-order valence-electron chi connectivity index (χ4n) is 1.88. The van der Waals surface area contributed by atoms with E-state index in [0.717, 1.165) is 16.3 Å². The summed E-state index contributed by atoms with van der Waals surface area (Å²) in [6.45, 7) is 0. The Hall–Kier alpha value is -2.17. The minimum atomic E-state index is 0.539.